The van der Waals surface area contributed by atoms with Crippen LogP contribution < -0.4 is 5.32 Å². The summed E-state index contributed by atoms with van der Waals surface area (Å²) in [6.07, 6.45) is 3.43. The van der Waals surface area contributed by atoms with Crippen molar-refractivity contribution in [1.29, 1.82) is 0 Å². The van der Waals surface area contributed by atoms with Crippen LogP contribution in [0.2, 0.25) is 0 Å². The lowest BCUT2D eigenvalue weighted by Gasteiger charge is -2.36. The normalized spacial score (nSPS) is 27.6. The van der Waals surface area contributed by atoms with E-state index in [1.807, 2.05) is 11.8 Å². The molecule has 1 fully saturated rings. The van der Waals surface area contributed by atoms with Crippen LogP contribution in [0.4, 0.5) is 0 Å². The van der Waals surface area contributed by atoms with Gasteiger partial charge in [-0.15, -0.1) is 0 Å². The van der Waals surface area contributed by atoms with E-state index >= 15 is 0 Å². The van der Waals surface area contributed by atoms with Crippen molar-refractivity contribution in [2.24, 2.45) is 0 Å². The van der Waals surface area contributed by atoms with Gasteiger partial charge in [0.2, 0.25) is 0 Å². The van der Waals surface area contributed by atoms with Gasteiger partial charge in [-0.05, 0) is 19.6 Å². The molecule has 3 atom stereocenters. The lowest BCUT2D eigenvalue weighted by molar-refractivity contribution is 0.0959. The first-order chi connectivity index (χ1) is 7.74. The molecule has 1 rings (SSSR count). The minimum atomic E-state index is 0.648. The molecular weight excluding hydrogens is 220 g/mol. The zero-order valence-corrected chi connectivity index (χ0v) is 11.8. The topological polar surface area (TPSA) is 24.5 Å². The van der Waals surface area contributed by atoms with E-state index in [4.69, 9.17) is 4.74 Å². The first-order valence-corrected chi connectivity index (χ1v) is 7.51. The van der Waals surface area contributed by atoms with E-state index in [1.165, 1.54) is 6.42 Å². The van der Waals surface area contributed by atoms with Gasteiger partial charge in [-0.2, -0.15) is 11.8 Å². The molecule has 1 N–H and O–H groups in total. The third-order valence-electron chi connectivity index (χ3n) is 3.57. The Morgan fingerprint density at radius 3 is 2.81 bits per heavy atom. The van der Waals surface area contributed by atoms with Crippen LogP contribution in [-0.4, -0.2) is 61.8 Å². The highest BCUT2D eigenvalue weighted by Gasteiger charge is 2.32. The second-order valence-corrected chi connectivity index (χ2v) is 5.56. The van der Waals surface area contributed by atoms with Crippen LogP contribution in [0.3, 0.4) is 0 Å². The monoisotopic (exact) mass is 246 g/mol. The molecule has 1 heterocycles. The Bertz CT molecular complexity index is 192. The number of ether oxygens (including phenoxy) is 1. The van der Waals surface area contributed by atoms with Crippen molar-refractivity contribution >= 4 is 11.8 Å². The largest absolute Gasteiger partial charge is 0.383 e. The molecule has 0 aromatic heterocycles. The van der Waals surface area contributed by atoms with E-state index in [1.54, 1.807) is 7.11 Å². The van der Waals surface area contributed by atoms with Crippen molar-refractivity contribution in [1.82, 2.24) is 10.2 Å². The maximum Gasteiger partial charge on any atom is 0.0589 e. The van der Waals surface area contributed by atoms with Crippen LogP contribution in [-0.2, 0) is 4.74 Å². The highest BCUT2D eigenvalue weighted by atomic mass is 32.2. The summed E-state index contributed by atoms with van der Waals surface area (Å²) in [6.45, 7) is 8.74. The predicted octanol–water partition coefficient (Wildman–Crippen LogP) is 1.44. The zero-order valence-electron chi connectivity index (χ0n) is 11.0. The Balaban J connectivity index is 2.59. The molecule has 0 bridgehead atoms. The van der Waals surface area contributed by atoms with Crippen molar-refractivity contribution in [2.75, 3.05) is 39.6 Å². The molecule has 0 aliphatic carbocycles. The van der Waals surface area contributed by atoms with Crippen molar-refractivity contribution in [3.05, 3.63) is 0 Å². The number of rotatable bonds is 7. The van der Waals surface area contributed by atoms with E-state index in [9.17, 15) is 0 Å². The van der Waals surface area contributed by atoms with E-state index in [2.05, 4.69) is 30.3 Å². The second-order valence-electron chi connectivity index (χ2n) is 4.49. The van der Waals surface area contributed by atoms with Gasteiger partial charge in [0.1, 0.15) is 0 Å². The molecule has 1 aliphatic rings. The van der Waals surface area contributed by atoms with Gasteiger partial charge < -0.3 is 10.1 Å². The Kier molecular flexibility index (Phi) is 6.73. The summed E-state index contributed by atoms with van der Waals surface area (Å²) < 4.78 is 5.23. The second kappa shape index (κ2) is 7.54. The number of nitrogens with zero attached hydrogens (tertiary/aromatic N) is 1. The van der Waals surface area contributed by atoms with Crippen molar-refractivity contribution in [3.63, 3.8) is 0 Å². The van der Waals surface area contributed by atoms with Crippen molar-refractivity contribution < 1.29 is 4.74 Å². The molecule has 3 unspecified atom stereocenters. The fraction of sp³-hybridized carbons (Fsp3) is 1.00. The highest BCUT2D eigenvalue weighted by molar-refractivity contribution is 7.99. The molecule has 16 heavy (non-hydrogen) atoms. The van der Waals surface area contributed by atoms with Gasteiger partial charge in [0.25, 0.3) is 0 Å². The zero-order chi connectivity index (χ0) is 12.0. The lowest BCUT2D eigenvalue weighted by atomic mass is 10.1. The predicted molar refractivity (Wildman–Crippen MR) is 72.3 cm³/mol. The molecule has 0 saturated carbocycles. The molecule has 4 heteroatoms. The molecular formula is C12H26N2OS. The van der Waals surface area contributed by atoms with Crippen molar-refractivity contribution in [3.8, 4) is 0 Å². The smallest absolute Gasteiger partial charge is 0.0589 e. The maximum atomic E-state index is 5.23. The average molecular weight is 246 g/mol. The summed E-state index contributed by atoms with van der Waals surface area (Å²) in [7, 11) is 1.79. The summed E-state index contributed by atoms with van der Waals surface area (Å²) >= 11 is 1.99. The molecule has 0 radical (unpaired) electrons. The molecule has 3 nitrogen and oxygen atoms in total. The molecule has 1 aliphatic heterocycles. The maximum absolute atomic E-state index is 5.23. The third-order valence-corrected chi connectivity index (χ3v) is 4.65. The Labute approximate surface area is 104 Å². The van der Waals surface area contributed by atoms with E-state index in [0.29, 0.717) is 12.1 Å². The summed E-state index contributed by atoms with van der Waals surface area (Å²) in [4.78, 5) is 2.62. The molecule has 96 valence electrons. The quantitative estimate of drug-likeness (QED) is 0.734. The van der Waals surface area contributed by atoms with Crippen LogP contribution in [0.1, 0.15) is 20.3 Å². The van der Waals surface area contributed by atoms with Gasteiger partial charge in [0.15, 0.2) is 0 Å². The molecule has 0 aromatic rings. The fourth-order valence-corrected chi connectivity index (χ4v) is 3.21. The first-order valence-electron chi connectivity index (χ1n) is 6.22. The van der Waals surface area contributed by atoms with Gasteiger partial charge in [0.05, 0.1) is 6.61 Å². The van der Waals surface area contributed by atoms with E-state index < -0.39 is 0 Å². The summed E-state index contributed by atoms with van der Waals surface area (Å²) in [5, 5.41) is 4.23. The van der Waals surface area contributed by atoms with Crippen LogP contribution in [0.5, 0.6) is 0 Å². The Morgan fingerprint density at radius 1 is 1.50 bits per heavy atom. The average Bonchev–Trinajstić information content (AvgIpc) is 2.77. The Hall–Kier alpha value is 0.230. The van der Waals surface area contributed by atoms with Gasteiger partial charge in [-0.25, -0.2) is 0 Å². The number of thioether (sulfide) groups is 1. The molecule has 0 aromatic carbocycles. The number of nitrogens with one attached hydrogen (secondary N) is 1. The lowest BCUT2D eigenvalue weighted by Crippen LogP contribution is -2.48. The van der Waals surface area contributed by atoms with Crippen LogP contribution in [0.15, 0.2) is 0 Å². The van der Waals surface area contributed by atoms with Gasteiger partial charge >= 0.3 is 0 Å². The summed E-state index contributed by atoms with van der Waals surface area (Å²) in [5.41, 5.74) is 0. The summed E-state index contributed by atoms with van der Waals surface area (Å²) in [6, 6.07) is 1.31. The van der Waals surface area contributed by atoms with Gasteiger partial charge in [-0.1, -0.05) is 6.92 Å². The molecule has 0 spiro atoms. The minimum Gasteiger partial charge on any atom is -0.383 e. The van der Waals surface area contributed by atoms with E-state index in [-0.39, 0.29) is 0 Å². The fourth-order valence-electron chi connectivity index (χ4n) is 2.36. The standard InChI is InChI=1S/C12H26N2OS/c1-5-10(2)14(6-7-15-3)11-8-13-9-12(11)16-4/h10-13H,5-9H2,1-4H3. The SMILES string of the molecule is CCC(C)N(CCOC)C1CNCC1SC. The van der Waals surface area contributed by atoms with Gasteiger partial charge in [-0.3, -0.25) is 4.90 Å². The van der Waals surface area contributed by atoms with Crippen LogP contribution in [0, 0.1) is 0 Å². The molecule has 0 amide bonds. The Morgan fingerprint density at radius 2 is 2.25 bits per heavy atom. The first kappa shape index (κ1) is 14.3. The summed E-state index contributed by atoms with van der Waals surface area (Å²) in [5.74, 6) is 0. The van der Waals surface area contributed by atoms with E-state index in [0.717, 1.165) is 31.5 Å². The number of hydrogen-bond donors (Lipinski definition) is 1. The van der Waals surface area contributed by atoms with Gasteiger partial charge in [0, 0.05) is 44.1 Å². The molecule has 1 saturated heterocycles. The van der Waals surface area contributed by atoms with Crippen LogP contribution in [0.25, 0.3) is 0 Å². The number of hydrogen-bond acceptors (Lipinski definition) is 4. The van der Waals surface area contributed by atoms with Crippen LogP contribution >= 0.6 is 11.8 Å². The minimum absolute atomic E-state index is 0.648. The number of methoxy groups -OCH3 is 1. The third kappa shape index (κ3) is 3.62. The van der Waals surface area contributed by atoms with Crippen molar-refractivity contribution in [2.45, 2.75) is 37.6 Å². The highest BCUT2D eigenvalue weighted by Crippen LogP contribution is 2.22.